The molecule has 22 heavy (non-hydrogen) atoms. The van der Waals surface area contributed by atoms with Gasteiger partial charge >= 0.3 is 0 Å². The summed E-state index contributed by atoms with van der Waals surface area (Å²) in [6, 6.07) is 6.31. The third-order valence-electron chi connectivity index (χ3n) is 3.64. The van der Waals surface area contributed by atoms with Crippen molar-refractivity contribution in [1.29, 1.82) is 5.41 Å². The summed E-state index contributed by atoms with van der Waals surface area (Å²) in [5, 5.41) is 11.8. The van der Waals surface area contributed by atoms with E-state index < -0.39 is 0 Å². The number of nitrogens with one attached hydrogen (secondary N) is 1. The molecular weight excluding hydrogens is 305 g/mol. The molecule has 6 heteroatoms. The Morgan fingerprint density at radius 2 is 2.18 bits per heavy atom. The molecule has 1 aromatic heterocycles. The largest absolute Gasteiger partial charge is 0.308 e. The number of carbonyl (C=O) groups is 1. The SMILES string of the molecule is CCC(C)C(=O)c1nn(Cc2ccccc2F)c(Cl)c1C=N. The lowest BCUT2D eigenvalue weighted by Crippen LogP contribution is -2.13. The summed E-state index contributed by atoms with van der Waals surface area (Å²) in [6.45, 7) is 3.82. The van der Waals surface area contributed by atoms with Gasteiger partial charge in [-0.15, -0.1) is 0 Å². The summed E-state index contributed by atoms with van der Waals surface area (Å²) >= 11 is 6.20. The van der Waals surface area contributed by atoms with Gasteiger partial charge in [-0.1, -0.05) is 43.6 Å². The van der Waals surface area contributed by atoms with Crippen LogP contribution in [0.4, 0.5) is 4.39 Å². The van der Waals surface area contributed by atoms with E-state index in [1.807, 2.05) is 6.92 Å². The fraction of sp³-hybridized carbons (Fsp3) is 0.312. The second-order valence-electron chi connectivity index (χ2n) is 5.12. The lowest BCUT2D eigenvalue weighted by Gasteiger charge is -2.05. The summed E-state index contributed by atoms with van der Waals surface area (Å²) in [7, 11) is 0. The maximum Gasteiger partial charge on any atom is 0.186 e. The molecule has 2 aromatic rings. The van der Waals surface area contributed by atoms with Gasteiger partial charge in [0.2, 0.25) is 0 Å². The molecule has 1 heterocycles. The molecule has 0 spiro atoms. The third-order valence-corrected chi connectivity index (χ3v) is 4.04. The molecule has 0 radical (unpaired) electrons. The first-order valence-electron chi connectivity index (χ1n) is 7.04. The highest BCUT2D eigenvalue weighted by Crippen LogP contribution is 2.23. The van der Waals surface area contributed by atoms with E-state index in [0.717, 1.165) is 6.21 Å². The number of ketones is 1. The van der Waals surface area contributed by atoms with Crippen LogP contribution in [0.25, 0.3) is 0 Å². The van der Waals surface area contributed by atoms with E-state index in [2.05, 4.69) is 5.10 Å². The smallest absolute Gasteiger partial charge is 0.186 e. The summed E-state index contributed by atoms with van der Waals surface area (Å²) in [5.74, 6) is -0.720. The van der Waals surface area contributed by atoms with Gasteiger partial charge in [-0.3, -0.25) is 4.79 Å². The van der Waals surface area contributed by atoms with Gasteiger partial charge in [-0.2, -0.15) is 5.10 Å². The van der Waals surface area contributed by atoms with Crippen LogP contribution in [0.5, 0.6) is 0 Å². The van der Waals surface area contributed by atoms with E-state index in [1.165, 1.54) is 10.7 Å². The number of carbonyl (C=O) groups excluding carboxylic acids is 1. The molecule has 116 valence electrons. The molecule has 0 aliphatic rings. The van der Waals surface area contributed by atoms with Crippen molar-refractivity contribution in [2.45, 2.75) is 26.8 Å². The normalized spacial score (nSPS) is 12.2. The summed E-state index contributed by atoms with van der Waals surface area (Å²) in [5.41, 5.74) is 0.875. The first-order valence-corrected chi connectivity index (χ1v) is 7.41. The lowest BCUT2D eigenvalue weighted by atomic mass is 9.99. The van der Waals surface area contributed by atoms with Gasteiger partial charge in [0.15, 0.2) is 5.78 Å². The first-order chi connectivity index (χ1) is 10.5. The molecule has 2 rings (SSSR count). The number of Topliss-reactive ketones (excluding diaryl/α,β-unsaturated/α-hetero) is 1. The molecule has 1 N–H and O–H groups in total. The molecule has 0 saturated heterocycles. The Bertz CT molecular complexity index is 711. The Balaban J connectivity index is 2.42. The molecule has 0 aliphatic carbocycles. The summed E-state index contributed by atoms with van der Waals surface area (Å²) < 4.78 is 15.1. The highest BCUT2D eigenvalue weighted by Gasteiger charge is 2.24. The van der Waals surface area contributed by atoms with E-state index in [9.17, 15) is 9.18 Å². The molecule has 0 bridgehead atoms. The minimum absolute atomic E-state index is 0.111. The van der Waals surface area contributed by atoms with Gasteiger partial charge in [-0.25, -0.2) is 9.07 Å². The molecule has 0 aliphatic heterocycles. The Labute approximate surface area is 133 Å². The van der Waals surface area contributed by atoms with Crippen molar-refractivity contribution >= 4 is 23.6 Å². The van der Waals surface area contributed by atoms with Crippen molar-refractivity contribution in [3.05, 3.63) is 52.1 Å². The van der Waals surface area contributed by atoms with Crippen LogP contribution in [-0.4, -0.2) is 21.8 Å². The minimum atomic E-state index is -0.361. The highest BCUT2D eigenvalue weighted by molar-refractivity contribution is 6.33. The lowest BCUT2D eigenvalue weighted by molar-refractivity contribution is 0.0921. The van der Waals surface area contributed by atoms with Crippen molar-refractivity contribution in [3.63, 3.8) is 0 Å². The Kier molecular flexibility index (Phi) is 5.08. The molecule has 4 nitrogen and oxygen atoms in total. The number of benzene rings is 1. The zero-order chi connectivity index (χ0) is 16.3. The van der Waals surface area contributed by atoms with Crippen molar-refractivity contribution in [2.75, 3.05) is 0 Å². The van der Waals surface area contributed by atoms with Crippen LogP contribution in [-0.2, 0) is 6.54 Å². The second kappa shape index (κ2) is 6.83. The Hall–Kier alpha value is -2.01. The Morgan fingerprint density at radius 3 is 2.77 bits per heavy atom. The van der Waals surface area contributed by atoms with Gasteiger partial charge in [0.05, 0.1) is 12.1 Å². The second-order valence-corrected chi connectivity index (χ2v) is 5.48. The molecule has 1 aromatic carbocycles. The average molecular weight is 322 g/mol. The summed E-state index contributed by atoms with van der Waals surface area (Å²) in [6.07, 6.45) is 1.69. The molecule has 1 unspecified atom stereocenters. The fourth-order valence-electron chi connectivity index (χ4n) is 2.08. The topological polar surface area (TPSA) is 58.7 Å². The fourth-order valence-corrected chi connectivity index (χ4v) is 2.32. The van der Waals surface area contributed by atoms with Crippen molar-refractivity contribution in [3.8, 4) is 0 Å². The van der Waals surface area contributed by atoms with Crippen LogP contribution in [0.3, 0.4) is 0 Å². The maximum absolute atomic E-state index is 13.7. The number of hydrogen-bond acceptors (Lipinski definition) is 3. The van der Waals surface area contributed by atoms with Gasteiger partial charge in [0.1, 0.15) is 16.7 Å². The van der Waals surface area contributed by atoms with Crippen LogP contribution in [0.2, 0.25) is 5.15 Å². The van der Waals surface area contributed by atoms with Gasteiger partial charge in [-0.05, 0) is 12.5 Å². The monoisotopic (exact) mass is 321 g/mol. The van der Waals surface area contributed by atoms with Crippen LogP contribution in [0, 0.1) is 17.1 Å². The van der Waals surface area contributed by atoms with E-state index in [1.54, 1.807) is 25.1 Å². The number of nitrogens with zero attached hydrogens (tertiary/aromatic N) is 2. The third kappa shape index (κ3) is 3.09. The molecule has 0 amide bonds. The number of rotatable bonds is 6. The van der Waals surface area contributed by atoms with Crippen molar-refractivity contribution < 1.29 is 9.18 Å². The van der Waals surface area contributed by atoms with Crippen LogP contribution in [0.15, 0.2) is 24.3 Å². The molecule has 1 atom stereocenters. The number of hydrogen-bond donors (Lipinski definition) is 1. The predicted octanol–water partition coefficient (Wildman–Crippen LogP) is 3.95. The molecule has 0 fully saturated rings. The quantitative estimate of drug-likeness (QED) is 0.647. The summed E-state index contributed by atoms with van der Waals surface area (Å²) in [4.78, 5) is 12.3. The Morgan fingerprint density at radius 1 is 1.50 bits per heavy atom. The average Bonchev–Trinajstić information content (AvgIpc) is 2.84. The highest BCUT2D eigenvalue weighted by atomic mass is 35.5. The van der Waals surface area contributed by atoms with Crippen LogP contribution < -0.4 is 0 Å². The first kappa shape index (κ1) is 16.4. The van der Waals surface area contributed by atoms with E-state index in [4.69, 9.17) is 17.0 Å². The van der Waals surface area contributed by atoms with Crippen LogP contribution in [0.1, 0.15) is 41.9 Å². The molecular formula is C16H17ClFN3O. The standard InChI is InChI=1S/C16H17ClFN3O/c1-3-10(2)15(22)14-12(8-19)16(17)21(20-14)9-11-6-4-5-7-13(11)18/h4-8,10,19H,3,9H2,1-2H3. The zero-order valence-corrected chi connectivity index (χ0v) is 13.2. The van der Waals surface area contributed by atoms with E-state index in [-0.39, 0.29) is 40.5 Å². The van der Waals surface area contributed by atoms with Gasteiger partial charge in [0.25, 0.3) is 0 Å². The zero-order valence-electron chi connectivity index (χ0n) is 12.4. The van der Waals surface area contributed by atoms with Crippen molar-refractivity contribution in [1.82, 2.24) is 9.78 Å². The number of aromatic nitrogens is 2. The predicted molar refractivity (Wildman–Crippen MR) is 84.4 cm³/mol. The van der Waals surface area contributed by atoms with Gasteiger partial charge in [0, 0.05) is 17.7 Å². The van der Waals surface area contributed by atoms with Crippen molar-refractivity contribution in [2.24, 2.45) is 5.92 Å². The molecule has 0 saturated carbocycles. The minimum Gasteiger partial charge on any atom is -0.308 e. The van der Waals surface area contributed by atoms with E-state index >= 15 is 0 Å². The van der Waals surface area contributed by atoms with Gasteiger partial charge < -0.3 is 5.41 Å². The number of halogens is 2. The van der Waals surface area contributed by atoms with E-state index in [0.29, 0.717) is 12.0 Å². The van der Waals surface area contributed by atoms with Crippen LogP contribution >= 0.6 is 11.6 Å². The maximum atomic E-state index is 13.7.